The van der Waals surface area contributed by atoms with E-state index in [-0.39, 0.29) is 5.69 Å². The van der Waals surface area contributed by atoms with Crippen molar-refractivity contribution in [3.8, 4) is 5.75 Å². The smallest absolute Gasteiger partial charge is 0.436 e. The summed E-state index contributed by atoms with van der Waals surface area (Å²) in [4.78, 5) is 12.2. The van der Waals surface area contributed by atoms with Crippen LogP contribution in [0.3, 0.4) is 0 Å². The summed E-state index contributed by atoms with van der Waals surface area (Å²) < 4.78 is 46.3. The molecule has 0 aliphatic rings. The van der Waals surface area contributed by atoms with Gasteiger partial charge in [-0.1, -0.05) is 23.7 Å². The molecule has 0 saturated carbocycles. The zero-order valence-electron chi connectivity index (χ0n) is 15.5. The molecular weight excluding hydrogens is 411 g/mol. The fraction of sp³-hybridized carbons (Fsp3) is 0.278. The van der Waals surface area contributed by atoms with Crippen LogP contribution in [0.4, 0.5) is 18.9 Å². The van der Waals surface area contributed by atoms with Crippen molar-refractivity contribution >= 4 is 23.2 Å². The zero-order chi connectivity index (χ0) is 21.2. The van der Waals surface area contributed by atoms with Crippen molar-refractivity contribution in [3.05, 3.63) is 58.6 Å². The molecule has 1 aromatic carbocycles. The van der Waals surface area contributed by atoms with Crippen LogP contribution in [-0.2, 0) is 24.1 Å². The molecule has 0 saturated heterocycles. The topological polar surface area (TPSA) is 74.0 Å². The van der Waals surface area contributed by atoms with Crippen molar-refractivity contribution < 1.29 is 22.7 Å². The average Bonchev–Trinajstić information content (AvgIpc) is 3.20. The molecule has 0 aliphatic carbocycles. The molecule has 3 rings (SSSR count). The third kappa shape index (κ3) is 4.89. The number of ether oxygens (including phenoxy) is 1. The molecule has 2 heterocycles. The lowest BCUT2D eigenvalue weighted by Crippen LogP contribution is -2.20. The molecule has 0 spiro atoms. The van der Waals surface area contributed by atoms with Gasteiger partial charge in [0.15, 0.2) is 5.69 Å². The molecule has 0 aliphatic heterocycles. The molecule has 154 valence electrons. The molecule has 0 radical (unpaired) electrons. The average molecular weight is 428 g/mol. The summed E-state index contributed by atoms with van der Waals surface area (Å²) >= 11 is 5.69. The standard InChI is InChI=1S/C18H17ClF3N5O2/c1-11-16(19)17(18(20,21)22)25-27(11)10-15(28)24-13-7-23-26(9-13)8-12-4-3-5-14(6-12)29-2/h3-7,9H,8,10H2,1-2H3,(H,24,28). The number of carbonyl (C=O) groups excluding carboxylic acids is 1. The predicted octanol–water partition coefficient (Wildman–Crippen LogP) is 3.76. The summed E-state index contributed by atoms with van der Waals surface area (Å²) in [6.07, 6.45) is -1.63. The van der Waals surface area contributed by atoms with Gasteiger partial charge < -0.3 is 10.1 Å². The normalized spacial score (nSPS) is 11.5. The summed E-state index contributed by atoms with van der Waals surface area (Å²) in [5.74, 6) is 0.164. The number of carbonyl (C=O) groups is 1. The van der Waals surface area contributed by atoms with Crippen LogP contribution in [-0.4, -0.2) is 32.6 Å². The van der Waals surface area contributed by atoms with E-state index in [2.05, 4.69) is 15.5 Å². The number of benzene rings is 1. The second kappa shape index (κ2) is 8.16. The molecule has 0 fully saturated rings. The number of aromatic nitrogens is 4. The fourth-order valence-corrected chi connectivity index (χ4v) is 2.91. The van der Waals surface area contributed by atoms with E-state index in [0.717, 1.165) is 16.0 Å². The SMILES string of the molecule is COc1cccc(Cn2cc(NC(=O)Cn3nc(C(F)(F)F)c(Cl)c3C)cn2)c1. The first-order valence-electron chi connectivity index (χ1n) is 8.42. The van der Waals surface area contributed by atoms with E-state index < -0.39 is 29.3 Å². The number of nitrogens with zero attached hydrogens (tertiary/aromatic N) is 4. The van der Waals surface area contributed by atoms with Crippen molar-refractivity contribution in [1.29, 1.82) is 0 Å². The van der Waals surface area contributed by atoms with Gasteiger partial charge in [-0.05, 0) is 24.6 Å². The number of alkyl halides is 3. The number of hydrogen-bond acceptors (Lipinski definition) is 4. The Bertz CT molecular complexity index is 1030. The van der Waals surface area contributed by atoms with E-state index >= 15 is 0 Å². The number of methoxy groups -OCH3 is 1. The molecule has 0 atom stereocenters. The Kier molecular flexibility index (Phi) is 5.83. The predicted molar refractivity (Wildman–Crippen MR) is 99.9 cm³/mol. The summed E-state index contributed by atoms with van der Waals surface area (Å²) in [5, 5.41) is 9.63. The maximum Gasteiger partial charge on any atom is 0.436 e. The molecule has 1 amide bonds. The van der Waals surface area contributed by atoms with Gasteiger partial charge in [0.05, 0.1) is 36.3 Å². The lowest BCUT2D eigenvalue weighted by molar-refractivity contribution is -0.141. The van der Waals surface area contributed by atoms with E-state index in [1.165, 1.54) is 13.1 Å². The summed E-state index contributed by atoms with van der Waals surface area (Å²) in [6, 6.07) is 7.45. The molecule has 29 heavy (non-hydrogen) atoms. The van der Waals surface area contributed by atoms with Gasteiger partial charge in [0.2, 0.25) is 5.91 Å². The highest BCUT2D eigenvalue weighted by atomic mass is 35.5. The molecule has 1 N–H and O–H groups in total. The van der Waals surface area contributed by atoms with Gasteiger partial charge in [-0.2, -0.15) is 23.4 Å². The third-order valence-electron chi connectivity index (χ3n) is 4.09. The molecule has 7 nitrogen and oxygen atoms in total. The van der Waals surface area contributed by atoms with E-state index in [9.17, 15) is 18.0 Å². The van der Waals surface area contributed by atoms with E-state index in [0.29, 0.717) is 12.2 Å². The highest BCUT2D eigenvalue weighted by Crippen LogP contribution is 2.35. The Morgan fingerprint density at radius 1 is 1.34 bits per heavy atom. The van der Waals surface area contributed by atoms with Gasteiger partial charge in [-0.15, -0.1) is 0 Å². The van der Waals surface area contributed by atoms with Crippen LogP contribution in [0.1, 0.15) is 17.0 Å². The Hall–Kier alpha value is -3.01. The molecule has 0 bridgehead atoms. The number of nitrogens with one attached hydrogen (secondary N) is 1. The van der Waals surface area contributed by atoms with Crippen molar-refractivity contribution in [3.63, 3.8) is 0 Å². The van der Waals surface area contributed by atoms with Crippen molar-refractivity contribution in [2.75, 3.05) is 12.4 Å². The van der Waals surface area contributed by atoms with Gasteiger partial charge >= 0.3 is 6.18 Å². The van der Waals surface area contributed by atoms with E-state index in [1.54, 1.807) is 18.0 Å². The number of hydrogen-bond donors (Lipinski definition) is 1. The zero-order valence-corrected chi connectivity index (χ0v) is 16.3. The first kappa shape index (κ1) is 20.7. The van der Waals surface area contributed by atoms with E-state index in [1.807, 2.05) is 24.3 Å². The Morgan fingerprint density at radius 2 is 2.10 bits per heavy atom. The number of rotatable bonds is 6. The van der Waals surface area contributed by atoms with Crippen LogP contribution < -0.4 is 10.1 Å². The largest absolute Gasteiger partial charge is 0.497 e. The minimum Gasteiger partial charge on any atom is -0.497 e. The molecular formula is C18H17ClF3N5O2. The molecule has 3 aromatic rings. The van der Waals surface area contributed by atoms with Crippen LogP contribution in [0.5, 0.6) is 5.75 Å². The van der Waals surface area contributed by atoms with E-state index in [4.69, 9.17) is 16.3 Å². The van der Waals surface area contributed by atoms with Crippen molar-refractivity contribution in [1.82, 2.24) is 19.6 Å². The number of halogens is 4. The second-order valence-corrected chi connectivity index (χ2v) is 6.61. The minimum atomic E-state index is -4.69. The third-order valence-corrected chi connectivity index (χ3v) is 4.54. The lowest BCUT2D eigenvalue weighted by Gasteiger charge is -2.06. The molecule has 0 unspecified atom stereocenters. The quantitative estimate of drug-likeness (QED) is 0.650. The van der Waals surface area contributed by atoms with Crippen LogP contribution in [0.25, 0.3) is 0 Å². The minimum absolute atomic E-state index is 0.0582. The number of amides is 1. The highest BCUT2D eigenvalue weighted by Gasteiger charge is 2.38. The first-order chi connectivity index (χ1) is 13.7. The van der Waals surface area contributed by atoms with Crippen LogP contribution in [0.2, 0.25) is 5.02 Å². The first-order valence-corrected chi connectivity index (χ1v) is 8.80. The van der Waals surface area contributed by atoms with Crippen LogP contribution in [0, 0.1) is 6.92 Å². The van der Waals surface area contributed by atoms with Gasteiger partial charge in [-0.25, -0.2) is 0 Å². The van der Waals surface area contributed by atoms with Crippen LogP contribution in [0.15, 0.2) is 36.7 Å². The molecule has 11 heteroatoms. The second-order valence-electron chi connectivity index (χ2n) is 6.23. The summed E-state index contributed by atoms with van der Waals surface area (Å²) in [6.45, 7) is 1.41. The maximum atomic E-state index is 12.9. The van der Waals surface area contributed by atoms with Gasteiger partial charge in [0, 0.05) is 6.20 Å². The lowest BCUT2D eigenvalue weighted by atomic mass is 10.2. The van der Waals surface area contributed by atoms with Crippen LogP contribution >= 0.6 is 11.6 Å². The summed E-state index contributed by atoms with van der Waals surface area (Å²) in [7, 11) is 1.58. The van der Waals surface area contributed by atoms with Gasteiger partial charge in [-0.3, -0.25) is 14.2 Å². The Morgan fingerprint density at radius 3 is 2.76 bits per heavy atom. The monoisotopic (exact) mass is 427 g/mol. The Labute approximate surface area is 169 Å². The maximum absolute atomic E-state index is 12.9. The molecule has 2 aromatic heterocycles. The number of anilines is 1. The van der Waals surface area contributed by atoms with Gasteiger partial charge in [0.25, 0.3) is 0 Å². The summed E-state index contributed by atoms with van der Waals surface area (Å²) in [5.41, 5.74) is 0.204. The van der Waals surface area contributed by atoms with Crippen molar-refractivity contribution in [2.24, 2.45) is 0 Å². The highest BCUT2D eigenvalue weighted by molar-refractivity contribution is 6.32. The van der Waals surface area contributed by atoms with Gasteiger partial charge in [0.1, 0.15) is 12.3 Å². The Balaban J connectivity index is 1.65. The van der Waals surface area contributed by atoms with Crippen molar-refractivity contribution in [2.45, 2.75) is 26.2 Å². The fourth-order valence-electron chi connectivity index (χ4n) is 2.67.